The monoisotopic (exact) mass is 601 g/mol. The van der Waals surface area contributed by atoms with Gasteiger partial charge in [0.25, 0.3) is 0 Å². The van der Waals surface area contributed by atoms with Gasteiger partial charge in [-0.05, 0) is 26.0 Å². The summed E-state index contributed by atoms with van der Waals surface area (Å²) in [6.45, 7) is 1.37. The number of carbonyl (C=O) groups is 1. The number of hydrogen-bond acceptors (Lipinski definition) is 12. The van der Waals surface area contributed by atoms with Crippen LogP contribution in [0.2, 0.25) is 0 Å². The van der Waals surface area contributed by atoms with Crippen LogP contribution in [0.15, 0.2) is 36.7 Å². The van der Waals surface area contributed by atoms with Crippen molar-refractivity contribution in [2.45, 2.75) is 43.2 Å². The van der Waals surface area contributed by atoms with Gasteiger partial charge in [0.2, 0.25) is 5.95 Å². The molecule has 0 spiro atoms. The van der Waals surface area contributed by atoms with E-state index >= 15 is 0 Å². The number of halogens is 2. The number of anilines is 2. The number of nitrogens with one attached hydrogen (secondary N) is 2. The number of hydrogen-bond donors (Lipinski definition) is 4. The van der Waals surface area contributed by atoms with Crippen LogP contribution in [0.5, 0.6) is 5.75 Å². The zero-order chi connectivity index (χ0) is 29.1. The molecule has 40 heavy (non-hydrogen) atoms. The van der Waals surface area contributed by atoms with Gasteiger partial charge >= 0.3 is 13.7 Å². The summed E-state index contributed by atoms with van der Waals surface area (Å²) in [5.74, 6) is -0.274. The lowest BCUT2D eigenvalue weighted by atomic mass is 10.0. The Kier molecular flexibility index (Phi) is 9.12. The molecule has 0 amide bonds. The highest BCUT2D eigenvalue weighted by Gasteiger charge is 2.57. The number of ether oxygens (including phenoxy) is 2. The minimum absolute atomic E-state index is 0.0850. The van der Waals surface area contributed by atoms with E-state index in [0.717, 1.165) is 0 Å². The van der Waals surface area contributed by atoms with Gasteiger partial charge in [-0.2, -0.15) is 15.1 Å². The van der Waals surface area contributed by atoms with Gasteiger partial charge in [0.1, 0.15) is 35.5 Å². The number of nitrogen functional groups attached to an aromatic ring is 1. The summed E-state index contributed by atoms with van der Waals surface area (Å²) in [5.41, 5.74) is 6.30. The number of aliphatic hydroxyl groups excluding tert-OH is 1. The van der Waals surface area contributed by atoms with E-state index in [-0.39, 0.29) is 24.0 Å². The predicted molar refractivity (Wildman–Crippen MR) is 144 cm³/mol. The third-order valence-electron chi connectivity index (χ3n) is 6.06. The van der Waals surface area contributed by atoms with Crippen molar-refractivity contribution in [2.24, 2.45) is 0 Å². The summed E-state index contributed by atoms with van der Waals surface area (Å²) in [4.78, 5) is 22.7. The van der Waals surface area contributed by atoms with Crippen LogP contribution in [0.4, 0.5) is 16.2 Å². The first-order chi connectivity index (χ1) is 19.0. The first kappa shape index (κ1) is 29.9. The predicted octanol–water partition coefficient (Wildman–Crippen LogP) is 2.40. The summed E-state index contributed by atoms with van der Waals surface area (Å²) >= 11 is 6.59. The van der Waals surface area contributed by atoms with Crippen molar-refractivity contribution in [2.75, 3.05) is 38.0 Å². The van der Waals surface area contributed by atoms with Crippen LogP contribution < -0.4 is 20.7 Å². The molecule has 1 aliphatic heterocycles. The van der Waals surface area contributed by atoms with Crippen molar-refractivity contribution in [1.29, 1.82) is 0 Å². The fourth-order valence-electron chi connectivity index (χ4n) is 4.10. The topological polar surface area (TPSA) is 185 Å². The molecule has 4 rings (SSSR count). The second kappa shape index (κ2) is 12.2. The van der Waals surface area contributed by atoms with E-state index in [1.807, 2.05) is 0 Å². The molecule has 218 valence electrons. The molecule has 1 fully saturated rings. The molecule has 3 heterocycles. The van der Waals surface area contributed by atoms with Crippen LogP contribution in [0.1, 0.15) is 20.1 Å². The van der Waals surface area contributed by atoms with Gasteiger partial charge in [-0.1, -0.05) is 18.2 Å². The molecule has 6 atom stereocenters. The first-order valence-corrected chi connectivity index (χ1v) is 14.2. The highest BCUT2D eigenvalue weighted by atomic mass is 35.5. The van der Waals surface area contributed by atoms with Gasteiger partial charge < -0.3 is 30.2 Å². The average Bonchev–Trinajstić information content (AvgIpc) is 3.46. The standard InChI is InChI=1S/C23H30ClFN7O7P/c1-4-36-20(34)13(2)31-40(35,39-14-8-6-5-7-9-14)37-10-15-17(33)23(24,11-25)21(38-15)32-12-28-16-18(27-3)29-22(26)30-19(16)32/h5-9,12-13,15,17,21,33H,4,10-11H2,1-3H3,(H,31,35)(H3,26,27,29,30)/t13?,15-,17-,21-,23-,40-/m1/s1. The van der Waals surface area contributed by atoms with E-state index in [2.05, 4.69) is 25.4 Å². The van der Waals surface area contributed by atoms with Crippen molar-refractivity contribution in [1.82, 2.24) is 24.6 Å². The number of benzene rings is 1. The molecule has 1 saturated heterocycles. The Labute approximate surface area is 233 Å². The second-order valence-electron chi connectivity index (χ2n) is 8.84. The second-order valence-corrected chi connectivity index (χ2v) is 11.2. The molecule has 5 N–H and O–H groups in total. The molecule has 0 bridgehead atoms. The minimum Gasteiger partial charge on any atom is -0.465 e. The van der Waals surface area contributed by atoms with Crippen LogP contribution in [0, 0.1) is 0 Å². The number of esters is 1. The SMILES string of the molecule is CCOC(=O)C(C)N[P@@](=O)(OC[C@H]1O[C@@H](n2cnc3c(NC)nc(N)nc32)[C@@](Cl)(CF)[C@@H]1O)Oc1ccccc1. The van der Waals surface area contributed by atoms with E-state index in [9.17, 15) is 18.9 Å². The minimum atomic E-state index is -4.28. The number of carbonyl (C=O) groups excluding carboxylic acids is 1. The molecule has 1 unspecified atom stereocenters. The van der Waals surface area contributed by atoms with Gasteiger partial charge in [-0.25, -0.2) is 13.9 Å². The van der Waals surface area contributed by atoms with Gasteiger partial charge in [0.15, 0.2) is 23.2 Å². The lowest BCUT2D eigenvalue weighted by Crippen LogP contribution is -2.44. The fourth-order valence-corrected chi connectivity index (χ4v) is 5.90. The molecule has 3 aromatic rings. The highest BCUT2D eigenvalue weighted by Crippen LogP contribution is 2.49. The Morgan fingerprint density at radius 1 is 1.38 bits per heavy atom. The van der Waals surface area contributed by atoms with Crippen LogP contribution >= 0.6 is 19.3 Å². The van der Waals surface area contributed by atoms with Crippen molar-refractivity contribution >= 4 is 48.2 Å². The summed E-state index contributed by atoms with van der Waals surface area (Å²) in [5, 5.41) is 16.4. The van der Waals surface area contributed by atoms with Gasteiger partial charge in [-0.3, -0.25) is 13.9 Å². The Morgan fingerprint density at radius 2 is 2.10 bits per heavy atom. The zero-order valence-electron chi connectivity index (χ0n) is 21.9. The number of nitrogens with zero attached hydrogens (tertiary/aromatic N) is 4. The molecular weight excluding hydrogens is 572 g/mol. The summed E-state index contributed by atoms with van der Waals surface area (Å²) in [6.07, 6.45) is -2.95. The molecule has 0 aliphatic carbocycles. The summed E-state index contributed by atoms with van der Waals surface area (Å²) in [6, 6.07) is 7.01. The molecule has 0 saturated carbocycles. The number of aliphatic hydroxyl groups is 1. The average molecular weight is 602 g/mol. The van der Waals surface area contributed by atoms with Gasteiger partial charge in [-0.15, -0.1) is 11.6 Å². The maximum atomic E-state index is 14.4. The van der Waals surface area contributed by atoms with Gasteiger partial charge in [0, 0.05) is 7.05 Å². The Morgan fingerprint density at radius 3 is 2.75 bits per heavy atom. The molecule has 17 heteroatoms. The molecule has 14 nitrogen and oxygen atoms in total. The van der Waals surface area contributed by atoms with E-state index in [4.69, 9.17) is 35.9 Å². The molecule has 0 radical (unpaired) electrons. The first-order valence-electron chi connectivity index (χ1n) is 12.2. The fraction of sp³-hybridized carbons (Fsp3) is 0.478. The smallest absolute Gasteiger partial charge is 0.459 e. The third kappa shape index (κ3) is 5.99. The number of rotatable bonds is 12. The zero-order valence-corrected chi connectivity index (χ0v) is 23.5. The molecular formula is C23H30ClFN7O7P. The van der Waals surface area contributed by atoms with Crippen molar-refractivity contribution in [3.63, 3.8) is 0 Å². The van der Waals surface area contributed by atoms with Crippen LogP contribution in [0.25, 0.3) is 11.2 Å². The largest absolute Gasteiger partial charge is 0.465 e. The van der Waals surface area contributed by atoms with E-state index in [1.165, 1.54) is 30.0 Å². The third-order valence-corrected chi connectivity index (χ3v) is 8.22. The van der Waals surface area contributed by atoms with E-state index < -0.39 is 56.3 Å². The Hall–Kier alpha value is -3.07. The molecule has 1 aliphatic rings. The van der Waals surface area contributed by atoms with Gasteiger partial charge in [0.05, 0.1) is 19.5 Å². The number of fused-ring (bicyclic) bond motifs is 1. The Bertz CT molecular complexity index is 1390. The number of nitrogens with two attached hydrogens (primary N) is 1. The number of alkyl halides is 2. The number of aromatic nitrogens is 4. The summed E-state index contributed by atoms with van der Waals surface area (Å²) in [7, 11) is -2.67. The maximum Gasteiger partial charge on any atom is 0.459 e. The lowest BCUT2D eigenvalue weighted by Gasteiger charge is -2.27. The maximum absolute atomic E-state index is 14.4. The number of para-hydroxylation sites is 1. The van der Waals surface area contributed by atoms with Crippen molar-refractivity contribution < 1.29 is 37.4 Å². The summed E-state index contributed by atoms with van der Waals surface area (Å²) < 4.78 is 51.6. The normalized spacial score (nSPS) is 24.9. The molecule has 2 aromatic heterocycles. The van der Waals surface area contributed by atoms with E-state index in [1.54, 1.807) is 32.2 Å². The van der Waals surface area contributed by atoms with E-state index in [0.29, 0.717) is 11.3 Å². The molecule has 1 aromatic carbocycles. The Balaban J connectivity index is 1.59. The highest BCUT2D eigenvalue weighted by molar-refractivity contribution is 7.52. The van der Waals surface area contributed by atoms with Crippen molar-refractivity contribution in [3.8, 4) is 5.75 Å². The van der Waals surface area contributed by atoms with Crippen molar-refractivity contribution in [3.05, 3.63) is 36.7 Å². The lowest BCUT2D eigenvalue weighted by molar-refractivity contribution is -0.144. The number of imidazole rings is 1. The van der Waals surface area contributed by atoms with Crippen LogP contribution in [-0.4, -0.2) is 80.7 Å². The van der Waals surface area contributed by atoms with Crippen LogP contribution in [-0.2, 0) is 23.4 Å². The van der Waals surface area contributed by atoms with Crippen LogP contribution in [0.3, 0.4) is 0 Å². The quantitative estimate of drug-likeness (QED) is 0.135.